The average molecular weight is 357 g/mol. The standard InChI is InChI=1S/C16H12ClF3N2O2/c1-23-14(9-7-22-15-8(9)3-2-6-21-15)12-11(24-16(19)20)5-4-10(18)13(12)17/h2-7,14,16H,1H3,(H,21,22). The van der Waals surface area contributed by atoms with Crippen molar-refractivity contribution in [3.8, 4) is 5.75 Å². The molecule has 4 nitrogen and oxygen atoms in total. The molecule has 0 radical (unpaired) electrons. The molecule has 3 rings (SSSR count). The second-order valence-corrected chi connectivity index (χ2v) is 5.29. The third-order valence-electron chi connectivity index (χ3n) is 3.57. The molecule has 2 aromatic heterocycles. The van der Waals surface area contributed by atoms with E-state index in [2.05, 4.69) is 14.7 Å². The number of pyridine rings is 1. The molecule has 0 aliphatic carbocycles. The Morgan fingerprint density at radius 3 is 2.75 bits per heavy atom. The summed E-state index contributed by atoms with van der Waals surface area (Å²) in [6.07, 6.45) is 2.30. The van der Waals surface area contributed by atoms with Crippen LogP contribution in [0, 0.1) is 5.82 Å². The number of H-pyrrole nitrogens is 1. The number of nitrogens with one attached hydrogen (secondary N) is 1. The smallest absolute Gasteiger partial charge is 0.387 e. The van der Waals surface area contributed by atoms with Crippen molar-refractivity contribution in [2.75, 3.05) is 7.11 Å². The SMILES string of the molecule is COC(c1c(OC(F)F)ccc(F)c1Cl)c1c[nH]c2ncccc12. The van der Waals surface area contributed by atoms with Crippen molar-refractivity contribution in [3.05, 3.63) is 58.6 Å². The van der Waals surface area contributed by atoms with Crippen LogP contribution in [0.15, 0.2) is 36.7 Å². The van der Waals surface area contributed by atoms with Gasteiger partial charge in [0.2, 0.25) is 0 Å². The molecule has 0 amide bonds. The van der Waals surface area contributed by atoms with Gasteiger partial charge < -0.3 is 14.5 Å². The van der Waals surface area contributed by atoms with Crippen molar-refractivity contribution in [3.63, 3.8) is 0 Å². The molecule has 1 unspecified atom stereocenters. The van der Waals surface area contributed by atoms with Crippen LogP contribution >= 0.6 is 11.6 Å². The summed E-state index contributed by atoms with van der Waals surface area (Å²) in [4.78, 5) is 7.10. The van der Waals surface area contributed by atoms with Gasteiger partial charge in [-0.05, 0) is 24.3 Å². The molecule has 1 aromatic carbocycles. The minimum absolute atomic E-state index is 0.00998. The number of aromatic nitrogens is 2. The number of methoxy groups -OCH3 is 1. The third-order valence-corrected chi connectivity index (χ3v) is 3.96. The summed E-state index contributed by atoms with van der Waals surface area (Å²) in [5.74, 6) is -1.00. The molecule has 0 saturated heterocycles. The molecule has 0 bridgehead atoms. The Hall–Kier alpha value is -2.25. The molecule has 0 spiro atoms. The molecule has 0 aliphatic heterocycles. The number of ether oxygens (including phenoxy) is 2. The maximum absolute atomic E-state index is 13.9. The number of alkyl halides is 2. The van der Waals surface area contributed by atoms with E-state index in [0.29, 0.717) is 16.6 Å². The van der Waals surface area contributed by atoms with Gasteiger partial charge in [-0.25, -0.2) is 9.37 Å². The first-order valence-electron chi connectivity index (χ1n) is 6.90. The van der Waals surface area contributed by atoms with E-state index in [4.69, 9.17) is 16.3 Å². The summed E-state index contributed by atoms with van der Waals surface area (Å²) >= 11 is 6.02. The predicted octanol–water partition coefficient (Wildman–Crippen LogP) is 4.69. The lowest BCUT2D eigenvalue weighted by Gasteiger charge is -2.20. The number of fused-ring (bicyclic) bond motifs is 1. The van der Waals surface area contributed by atoms with E-state index in [1.165, 1.54) is 7.11 Å². The van der Waals surface area contributed by atoms with E-state index in [-0.39, 0.29) is 16.3 Å². The normalized spacial score (nSPS) is 12.8. The molecule has 24 heavy (non-hydrogen) atoms. The molecule has 0 aliphatic rings. The molecule has 1 N–H and O–H groups in total. The Kier molecular flexibility index (Phi) is 4.64. The fraction of sp³-hybridized carbons (Fsp3) is 0.188. The number of nitrogens with zero attached hydrogens (tertiary/aromatic N) is 1. The molecule has 0 fully saturated rings. The van der Waals surface area contributed by atoms with E-state index < -0.39 is 18.5 Å². The van der Waals surface area contributed by atoms with Crippen molar-refractivity contribution in [1.82, 2.24) is 9.97 Å². The van der Waals surface area contributed by atoms with Crippen LogP contribution < -0.4 is 4.74 Å². The fourth-order valence-electron chi connectivity index (χ4n) is 2.59. The minimum atomic E-state index is -3.08. The van der Waals surface area contributed by atoms with E-state index >= 15 is 0 Å². The van der Waals surface area contributed by atoms with Gasteiger partial charge in [0.25, 0.3) is 0 Å². The molecule has 8 heteroatoms. The van der Waals surface area contributed by atoms with Crippen LogP contribution in [0.5, 0.6) is 5.75 Å². The van der Waals surface area contributed by atoms with Crippen molar-refractivity contribution in [1.29, 1.82) is 0 Å². The predicted molar refractivity (Wildman–Crippen MR) is 83.0 cm³/mol. The third kappa shape index (κ3) is 2.92. The fourth-order valence-corrected chi connectivity index (χ4v) is 2.84. The van der Waals surface area contributed by atoms with E-state index in [0.717, 1.165) is 12.1 Å². The zero-order valence-corrected chi connectivity index (χ0v) is 13.2. The van der Waals surface area contributed by atoms with Gasteiger partial charge in [0, 0.05) is 36.0 Å². The van der Waals surface area contributed by atoms with Crippen LogP contribution in [-0.4, -0.2) is 23.7 Å². The Balaban J connectivity index is 2.19. The van der Waals surface area contributed by atoms with Gasteiger partial charge in [0.15, 0.2) is 0 Å². The summed E-state index contributed by atoms with van der Waals surface area (Å²) in [7, 11) is 1.37. The lowest BCUT2D eigenvalue weighted by Crippen LogP contribution is -2.11. The van der Waals surface area contributed by atoms with Gasteiger partial charge in [0.05, 0.1) is 5.02 Å². The van der Waals surface area contributed by atoms with Gasteiger partial charge in [0.1, 0.15) is 23.3 Å². The van der Waals surface area contributed by atoms with Crippen molar-refractivity contribution in [2.45, 2.75) is 12.7 Å². The van der Waals surface area contributed by atoms with Gasteiger partial charge in [-0.15, -0.1) is 0 Å². The molecular formula is C16H12ClF3N2O2. The minimum Gasteiger partial charge on any atom is -0.434 e. The highest BCUT2D eigenvalue weighted by Gasteiger charge is 2.27. The number of aromatic amines is 1. The second kappa shape index (κ2) is 6.70. The van der Waals surface area contributed by atoms with Gasteiger partial charge in [-0.3, -0.25) is 0 Å². The summed E-state index contributed by atoms with van der Waals surface area (Å²) in [6, 6.07) is 5.56. The average Bonchev–Trinajstić information content (AvgIpc) is 2.98. The topological polar surface area (TPSA) is 47.1 Å². The molecule has 0 saturated carbocycles. The first kappa shape index (κ1) is 16.6. The van der Waals surface area contributed by atoms with Gasteiger partial charge >= 0.3 is 6.61 Å². The first-order chi connectivity index (χ1) is 11.5. The number of hydrogen-bond acceptors (Lipinski definition) is 3. The number of rotatable bonds is 5. The van der Waals surface area contributed by atoms with E-state index in [1.807, 2.05) is 0 Å². The summed E-state index contributed by atoms with van der Waals surface area (Å²) in [5.41, 5.74) is 1.15. The first-order valence-corrected chi connectivity index (χ1v) is 7.28. The van der Waals surface area contributed by atoms with Crippen LogP contribution in [0.2, 0.25) is 5.02 Å². The van der Waals surface area contributed by atoms with Gasteiger partial charge in [-0.1, -0.05) is 11.6 Å². The Labute approximate surface area is 140 Å². The van der Waals surface area contributed by atoms with Crippen LogP contribution in [-0.2, 0) is 4.74 Å². The summed E-state index contributed by atoms with van der Waals surface area (Å²) in [6.45, 7) is -3.08. The van der Waals surface area contributed by atoms with Crippen molar-refractivity contribution < 1.29 is 22.6 Å². The lowest BCUT2D eigenvalue weighted by atomic mass is 10.00. The van der Waals surface area contributed by atoms with Crippen molar-refractivity contribution in [2.24, 2.45) is 0 Å². The molecular weight excluding hydrogens is 345 g/mol. The number of benzene rings is 1. The highest BCUT2D eigenvalue weighted by molar-refractivity contribution is 6.31. The number of halogens is 4. The zero-order chi connectivity index (χ0) is 17.3. The molecule has 1 atom stereocenters. The maximum Gasteiger partial charge on any atom is 0.387 e. The second-order valence-electron chi connectivity index (χ2n) is 4.91. The maximum atomic E-state index is 13.9. The summed E-state index contributed by atoms with van der Waals surface area (Å²) in [5, 5.41) is 0.367. The molecule has 2 heterocycles. The Morgan fingerprint density at radius 2 is 2.04 bits per heavy atom. The number of hydrogen-bond donors (Lipinski definition) is 1. The van der Waals surface area contributed by atoms with Crippen LogP contribution in [0.1, 0.15) is 17.2 Å². The zero-order valence-electron chi connectivity index (χ0n) is 12.4. The monoisotopic (exact) mass is 356 g/mol. The molecule has 3 aromatic rings. The van der Waals surface area contributed by atoms with Crippen LogP contribution in [0.4, 0.5) is 13.2 Å². The van der Waals surface area contributed by atoms with Crippen LogP contribution in [0.3, 0.4) is 0 Å². The highest BCUT2D eigenvalue weighted by Crippen LogP contribution is 2.41. The Bertz CT molecular complexity index is 870. The largest absolute Gasteiger partial charge is 0.434 e. The highest BCUT2D eigenvalue weighted by atomic mass is 35.5. The van der Waals surface area contributed by atoms with Gasteiger partial charge in [-0.2, -0.15) is 8.78 Å². The Morgan fingerprint density at radius 1 is 1.25 bits per heavy atom. The van der Waals surface area contributed by atoms with Crippen LogP contribution in [0.25, 0.3) is 11.0 Å². The lowest BCUT2D eigenvalue weighted by molar-refractivity contribution is -0.0516. The quantitative estimate of drug-likeness (QED) is 0.721. The van der Waals surface area contributed by atoms with E-state index in [1.54, 1.807) is 24.5 Å². The van der Waals surface area contributed by atoms with E-state index in [9.17, 15) is 13.2 Å². The molecule has 126 valence electrons. The summed E-state index contributed by atoms with van der Waals surface area (Å²) < 4.78 is 49.2. The van der Waals surface area contributed by atoms with Crippen molar-refractivity contribution >= 4 is 22.6 Å².